The first-order chi connectivity index (χ1) is 14.9. The second-order valence-electron chi connectivity index (χ2n) is 7.90. The SMILES string of the molecule is CCCn1c(=O)sc2cc(S(=O)(=O)Nc3ccc(OC4CCN(C)CC4)cc3)ccc21. The van der Waals surface area contributed by atoms with Crippen molar-refractivity contribution in [2.45, 2.75) is 43.7 Å². The Bertz CT molecular complexity index is 1210. The molecule has 4 rings (SSSR count). The van der Waals surface area contributed by atoms with E-state index in [0.717, 1.165) is 55.0 Å². The minimum atomic E-state index is -3.77. The van der Waals surface area contributed by atoms with Crippen LogP contribution in [0.3, 0.4) is 0 Å². The number of likely N-dealkylation sites (tertiary alicyclic amines) is 1. The molecular weight excluding hydrogens is 434 g/mol. The molecule has 166 valence electrons. The third kappa shape index (κ3) is 4.94. The van der Waals surface area contributed by atoms with Gasteiger partial charge in [-0.15, -0.1) is 0 Å². The van der Waals surface area contributed by atoms with Gasteiger partial charge in [-0.2, -0.15) is 0 Å². The smallest absolute Gasteiger partial charge is 0.308 e. The highest BCUT2D eigenvalue weighted by atomic mass is 32.2. The Balaban J connectivity index is 1.47. The fourth-order valence-corrected chi connectivity index (χ4v) is 5.88. The van der Waals surface area contributed by atoms with Crippen molar-refractivity contribution in [3.63, 3.8) is 0 Å². The highest BCUT2D eigenvalue weighted by Crippen LogP contribution is 2.25. The summed E-state index contributed by atoms with van der Waals surface area (Å²) in [7, 11) is -1.66. The van der Waals surface area contributed by atoms with Crippen LogP contribution in [-0.4, -0.2) is 44.1 Å². The Kier molecular flexibility index (Phi) is 6.36. The number of aryl methyl sites for hydroxylation is 1. The molecule has 1 aliphatic heterocycles. The normalized spacial score (nSPS) is 15.9. The van der Waals surface area contributed by atoms with E-state index in [9.17, 15) is 13.2 Å². The molecule has 0 radical (unpaired) electrons. The molecule has 0 saturated carbocycles. The molecule has 3 aromatic rings. The first kappa shape index (κ1) is 21.9. The lowest BCUT2D eigenvalue weighted by Crippen LogP contribution is -2.35. The van der Waals surface area contributed by atoms with E-state index in [-0.39, 0.29) is 15.9 Å². The van der Waals surface area contributed by atoms with Crippen molar-refractivity contribution < 1.29 is 13.2 Å². The molecule has 1 saturated heterocycles. The average molecular weight is 462 g/mol. The average Bonchev–Trinajstić information content (AvgIpc) is 3.06. The zero-order chi connectivity index (χ0) is 22.0. The summed E-state index contributed by atoms with van der Waals surface area (Å²) in [5, 5.41) is 0. The van der Waals surface area contributed by atoms with Crippen molar-refractivity contribution in [2.24, 2.45) is 0 Å². The van der Waals surface area contributed by atoms with Crippen LogP contribution in [0.2, 0.25) is 0 Å². The molecule has 0 aliphatic carbocycles. The summed E-state index contributed by atoms with van der Waals surface area (Å²) in [6.07, 6.45) is 3.00. The Morgan fingerprint density at radius 1 is 1.13 bits per heavy atom. The molecule has 0 atom stereocenters. The molecule has 9 heteroatoms. The molecule has 31 heavy (non-hydrogen) atoms. The van der Waals surface area contributed by atoms with Crippen LogP contribution in [-0.2, 0) is 16.6 Å². The number of aromatic nitrogens is 1. The van der Waals surface area contributed by atoms with Gasteiger partial charge in [-0.05, 0) is 68.8 Å². The molecule has 1 fully saturated rings. The first-order valence-corrected chi connectivity index (χ1v) is 12.8. The lowest BCUT2D eigenvalue weighted by atomic mass is 10.1. The van der Waals surface area contributed by atoms with E-state index in [2.05, 4.69) is 16.7 Å². The molecule has 2 aromatic carbocycles. The van der Waals surface area contributed by atoms with Gasteiger partial charge in [-0.3, -0.25) is 14.1 Å². The molecule has 0 unspecified atom stereocenters. The Labute approximate surface area is 186 Å². The monoisotopic (exact) mass is 461 g/mol. The van der Waals surface area contributed by atoms with Gasteiger partial charge in [0.05, 0.1) is 15.1 Å². The number of piperidine rings is 1. The number of hydrogen-bond acceptors (Lipinski definition) is 6. The van der Waals surface area contributed by atoms with Crippen LogP contribution in [0.1, 0.15) is 26.2 Å². The van der Waals surface area contributed by atoms with E-state index in [0.29, 0.717) is 16.9 Å². The van der Waals surface area contributed by atoms with Gasteiger partial charge in [0.15, 0.2) is 0 Å². The summed E-state index contributed by atoms with van der Waals surface area (Å²) in [5.74, 6) is 0.737. The first-order valence-electron chi connectivity index (χ1n) is 10.5. The van der Waals surface area contributed by atoms with Gasteiger partial charge in [0, 0.05) is 25.3 Å². The van der Waals surface area contributed by atoms with Crippen LogP contribution in [0.25, 0.3) is 10.2 Å². The van der Waals surface area contributed by atoms with Gasteiger partial charge < -0.3 is 9.64 Å². The van der Waals surface area contributed by atoms with E-state index in [4.69, 9.17) is 4.74 Å². The Morgan fingerprint density at radius 2 is 1.84 bits per heavy atom. The standard InChI is InChI=1S/C22H27N3O4S2/c1-3-12-25-20-9-8-19(15-21(20)30-22(25)26)31(27,28)23-16-4-6-17(7-5-16)29-18-10-13-24(2)14-11-18/h4-9,15,18,23H,3,10-14H2,1-2H3. The summed E-state index contributed by atoms with van der Waals surface area (Å²) in [6, 6.07) is 11.8. The number of hydrogen-bond donors (Lipinski definition) is 1. The number of sulfonamides is 1. The third-order valence-electron chi connectivity index (χ3n) is 5.47. The van der Waals surface area contributed by atoms with Gasteiger partial charge in [-0.1, -0.05) is 18.3 Å². The summed E-state index contributed by atoms with van der Waals surface area (Å²) >= 11 is 1.07. The molecule has 7 nitrogen and oxygen atoms in total. The van der Waals surface area contributed by atoms with E-state index in [1.807, 2.05) is 6.92 Å². The fourth-order valence-electron chi connectivity index (χ4n) is 3.76. The Hall–Kier alpha value is -2.36. The van der Waals surface area contributed by atoms with Gasteiger partial charge in [0.1, 0.15) is 11.9 Å². The Morgan fingerprint density at radius 3 is 2.52 bits per heavy atom. The number of nitrogens with zero attached hydrogens (tertiary/aromatic N) is 2. The molecule has 0 spiro atoms. The lowest BCUT2D eigenvalue weighted by molar-refractivity contribution is 0.114. The predicted octanol–water partition coefficient (Wildman–Crippen LogP) is 3.75. The number of rotatable bonds is 7. The van der Waals surface area contributed by atoms with E-state index in [1.165, 1.54) is 0 Å². The molecule has 0 amide bonds. The van der Waals surface area contributed by atoms with Crippen molar-refractivity contribution in [1.29, 1.82) is 0 Å². The molecule has 0 bridgehead atoms. The zero-order valence-corrected chi connectivity index (χ0v) is 19.3. The predicted molar refractivity (Wildman–Crippen MR) is 125 cm³/mol. The summed E-state index contributed by atoms with van der Waals surface area (Å²) in [5.41, 5.74) is 1.23. The van der Waals surface area contributed by atoms with Crippen LogP contribution in [0, 0.1) is 0 Å². The quantitative estimate of drug-likeness (QED) is 0.580. The molecule has 2 heterocycles. The number of ether oxygens (including phenoxy) is 1. The third-order valence-corrected chi connectivity index (χ3v) is 7.79. The lowest BCUT2D eigenvalue weighted by Gasteiger charge is -2.29. The summed E-state index contributed by atoms with van der Waals surface area (Å²) in [6.45, 7) is 4.66. The topological polar surface area (TPSA) is 80.6 Å². The van der Waals surface area contributed by atoms with Crippen molar-refractivity contribution in [3.8, 4) is 5.75 Å². The fraction of sp³-hybridized carbons (Fsp3) is 0.409. The molecule has 1 aliphatic rings. The van der Waals surface area contributed by atoms with Crippen molar-refractivity contribution >= 4 is 37.3 Å². The highest BCUT2D eigenvalue weighted by molar-refractivity contribution is 7.92. The van der Waals surface area contributed by atoms with Gasteiger partial charge >= 0.3 is 4.87 Å². The van der Waals surface area contributed by atoms with Crippen LogP contribution < -0.4 is 14.3 Å². The van der Waals surface area contributed by atoms with Crippen molar-refractivity contribution in [3.05, 3.63) is 52.1 Å². The number of thiazole rings is 1. The molecule has 1 aromatic heterocycles. The van der Waals surface area contributed by atoms with Gasteiger partial charge in [-0.25, -0.2) is 8.42 Å². The summed E-state index contributed by atoms with van der Waals surface area (Å²) < 4.78 is 36.7. The van der Waals surface area contributed by atoms with Crippen LogP contribution in [0.4, 0.5) is 5.69 Å². The second-order valence-corrected chi connectivity index (χ2v) is 10.6. The zero-order valence-electron chi connectivity index (χ0n) is 17.7. The van der Waals surface area contributed by atoms with Gasteiger partial charge in [0.2, 0.25) is 0 Å². The highest BCUT2D eigenvalue weighted by Gasteiger charge is 2.19. The van der Waals surface area contributed by atoms with E-state index in [1.54, 1.807) is 47.0 Å². The maximum absolute atomic E-state index is 12.9. The minimum absolute atomic E-state index is 0.0699. The summed E-state index contributed by atoms with van der Waals surface area (Å²) in [4.78, 5) is 14.5. The maximum Gasteiger partial charge on any atom is 0.308 e. The second kappa shape index (κ2) is 9.02. The van der Waals surface area contributed by atoms with E-state index < -0.39 is 10.0 Å². The van der Waals surface area contributed by atoms with Crippen LogP contribution in [0.5, 0.6) is 5.75 Å². The van der Waals surface area contributed by atoms with E-state index >= 15 is 0 Å². The number of anilines is 1. The van der Waals surface area contributed by atoms with Gasteiger partial charge in [0.25, 0.3) is 10.0 Å². The number of fused-ring (bicyclic) bond motifs is 1. The number of benzene rings is 2. The molecular formula is C22H27N3O4S2. The van der Waals surface area contributed by atoms with Crippen molar-refractivity contribution in [2.75, 3.05) is 24.9 Å². The van der Waals surface area contributed by atoms with Crippen LogP contribution in [0.15, 0.2) is 52.2 Å². The van der Waals surface area contributed by atoms with Crippen molar-refractivity contribution in [1.82, 2.24) is 9.47 Å². The van der Waals surface area contributed by atoms with Crippen LogP contribution >= 0.6 is 11.3 Å². The maximum atomic E-state index is 12.9. The number of nitrogens with one attached hydrogen (secondary N) is 1. The minimum Gasteiger partial charge on any atom is -0.490 e. The largest absolute Gasteiger partial charge is 0.490 e. The molecule has 1 N–H and O–H groups in total.